The van der Waals surface area contributed by atoms with Crippen molar-refractivity contribution in [3.63, 3.8) is 0 Å². The Morgan fingerprint density at radius 3 is 2.21 bits per heavy atom. The second kappa shape index (κ2) is 11.2. The molecule has 0 N–H and O–H groups in total. The minimum Gasteiger partial charge on any atom is -1.00 e. The Morgan fingerprint density at radius 1 is 0.789 bits per heavy atom. The maximum atomic E-state index is 2.75. The standard InChI is InChI=1S/C13H9.C11H8.C11H17.2ClH.Zr/c1-3-7-12-10(5-1)9-11-6-2-4-8-13(11)12;1-9-5-4-7-10-6-2-3-8-11(9)10;1-8-6-9(2)10(7-8)11(3,4)5;;;/h1-5,7-8H,9H2;1-8H;7-8H,1-5H3;2*1H;/q;;;;;+2/p-2. The Bertz CT molecular complexity index is 1610. The third kappa shape index (κ3) is 4.99. The Morgan fingerprint density at radius 2 is 1.45 bits per heavy atom. The summed E-state index contributed by atoms with van der Waals surface area (Å²) in [5, 5.41) is 2.71. The van der Waals surface area contributed by atoms with E-state index in [1.807, 2.05) is 0 Å². The van der Waals surface area contributed by atoms with E-state index in [1.165, 1.54) is 33.0 Å². The summed E-state index contributed by atoms with van der Waals surface area (Å²) >= 11 is -2.47. The quantitative estimate of drug-likeness (QED) is 0.292. The summed E-state index contributed by atoms with van der Waals surface area (Å²) in [5.41, 5.74) is 10.6. The number of benzene rings is 4. The first-order valence-corrected chi connectivity index (χ1v) is 17.0. The zero-order valence-corrected chi connectivity index (χ0v) is 26.7. The zero-order valence-electron chi connectivity index (χ0n) is 22.8. The van der Waals surface area contributed by atoms with Crippen molar-refractivity contribution in [3.8, 4) is 11.1 Å². The van der Waals surface area contributed by atoms with E-state index in [2.05, 4.69) is 129 Å². The van der Waals surface area contributed by atoms with Gasteiger partial charge in [-0.05, 0) is 0 Å². The van der Waals surface area contributed by atoms with Gasteiger partial charge < -0.3 is 24.8 Å². The van der Waals surface area contributed by atoms with E-state index in [9.17, 15) is 0 Å². The third-order valence-corrected chi connectivity index (χ3v) is 15.6. The van der Waals surface area contributed by atoms with E-state index in [4.69, 9.17) is 0 Å². The molecule has 0 spiro atoms. The van der Waals surface area contributed by atoms with Crippen LogP contribution in [0.15, 0.2) is 105 Å². The minimum absolute atomic E-state index is 0. The van der Waals surface area contributed by atoms with Crippen molar-refractivity contribution in [1.82, 2.24) is 0 Å². The molecule has 4 aromatic carbocycles. The first kappa shape index (κ1) is 28.9. The minimum atomic E-state index is -2.47. The van der Waals surface area contributed by atoms with Gasteiger partial charge in [-0.2, -0.15) is 0 Å². The molecule has 0 bridgehead atoms. The predicted molar refractivity (Wildman–Crippen MR) is 153 cm³/mol. The molecule has 6 rings (SSSR count). The monoisotopic (exact) mass is 614 g/mol. The van der Waals surface area contributed by atoms with Crippen molar-refractivity contribution in [1.29, 1.82) is 0 Å². The summed E-state index contributed by atoms with van der Waals surface area (Å²) in [7, 11) is 0. The zero-order chi connectivity index (χ0) is 25.0. The van der Waals surface area contributed by atoms with Crippen LogP contribution in [0, 0.1) is 11.3 Å². The van der Waals surface area contributed by atoms with Crippen LogP contribution < -0.4 is 28.1 Å². The molecular formula is C35H34Cl2Zr. The Kier molecular flexibility index (Phi) is 8.54. The molecule has 0 radical (unpaired) electrons. The summed E-state index contributed by atoms with van der Waals surface area (Å²) < 4.78 is 6.15. The van der Waals surface area contributed by atoms with Gasteiger partial charge in [-0.3, -0.25) is 0 Å². The number of halogens is 2. The number of fused-ring (bicyclic) bond motifs is 4. The van der Waals surface area contributed by atoms with Gasteiger partial charge in [0, 0.05) is 0 Å². The van der Waals surface area contributed by atoms with Crippen molar-refractivity contribution in [2.75, 3.05) is 0 Å². The fraction of sp³-hybridized carbons (Fsp3) is 0.229. The number of hydrogen-bond acceptors (Lipinski definition) is 0. The molecule has 0 aliphatic heterocycles. The molecule has 2 aliphatic carbocycles. The van der Waals surface area contributed by atoms with Crippen LogP contribution in [-0.2, 0) is 27.7 Å². The van der Waals surface area contributed by atoms with Gasteiger partial charge in [0.1, 0.15) is 0 Å². The van der Waals surface area contributed by atoms with E-state index in [0.29, 0.717) is 5.92 Å². The molecule has 2 aliphatic rings. The predicted octanol–water partition coefficient (Wildman–Crippen LogP) is 2.41. The number of allylic oxidation sites excluding steroid dienone is 4. The molecule has 0 nitrogen and oxygen atoms in total. The Balaban J connectivity index is 0.00000168. The first-order chi connectivity index (χ1) is 17.3. The Hall–Kier alpha value is -2.05. The van der Waals surface area contributed by atoms with Crippen molar-refractivity contribution in [2.24, 2.45) is 11.3 Å². The molecule has 0 aromatic heterocycles. The van der Waals surface area contributed by atoms with Crippen LogP contribution >= 0.6 is 0 Å². The summed E-state index contributed by atoms with van der Waals surface area (Å²) in [4.78, 5) is 0. The maximum Gasteiger partial charge on any atom is -1.00 e. The average Bonchev–Trinajstić information content (AvgIpc) is 3.39. The molecular weight excluding hydrogens is 583 g/mol. The molecule has 192 valence electrons. The van der Waals surface area contributed by atoms with Gasteiger partial charge in [0.2, 0.25) is 0 Å². The van der Waals surface area contributed by atoms with Gasteiger partial charge in [0.15, 0.2) is 0 Å². The summed E-state index contributed by atoms with van der Waals surface area (Å²) in [6, 6.07) is 31.8. The van der Waals surface area contributed by atoms with Crippen molar-refractivity contribution in [2.45, 2.75) is 41.0 Å². The normalized spacial score (nSPS) is 16.0. The van der Waals surface area contributed by atoms with Gasteiger partial charge in [0.25, 0.3) is 0 Å². The molecule has 4 aromatic rings. The first-order valence-electron chi connectivity index (χ1n) is 13.2. The van der Waals surface area contributed by atoms with E-state index in [1.54, 1.807) is 23.3 Å². The van der Waals surface area contributed by atoms with Crippen molar-refractivity contribution in [3.05, 3.63) is 122 Å². The fourth-order valence-electron chi connectivity index (χ4n) is 6.45. The van der Waals surface area contributed by atoms with Crippen LogP contribution in [0.4, 0.5) is 0 Å². The average molecular weight is 617 g/mol. The molecule has 0 saturated heterocycles. The molecule has 0 amide bonds. The maximum absolute atomic E-state index is 2.75. The SMILES string of the molecule is CC1=[C](/[Zr+2](=[CH]/c2cccc3ccccc23)[c]2cccc3c2Cc2ccccc2-3)C(C)C=C1C(C)(C)C.[Cl-].[Cl-]. The second-order valence-corrected chi connectivity index (χ2v) is 16.8. The topological polar surface area (TPSA) is 0 Å². The van der Waals surface area contributed by atoms with Crippen LogP contribution in [0.2, 0.25) is 0 Å². The van der Waals surface area contributed by atoms with Crippen LogP contribution in [0.25, 0.3) is 21.9 Å². The molecule has 0 heterocycles. The summed E-state index contributed by atoms with van der Waals surface area (Å²) in [6.45, 7) is 11.9. The third-order valence-electron chi connectivity index (χ3n) is 8.04. The van der Waals surface area contributed by atoms with Gasteiger partial charge in [-0.15, -0.1) is 0 Å². The molecule has 3 heteroatoms. The Labute approximate surface area is 247 Å². The van der Waals surface area contributed by atoms with Crippen LogP contribution in [0.5, 0.6) is 0 Å². The molecule has 1 unspecified atom stereocenters. The van der Waals surface area contributed by atoms with E-state index >= 15 is 0 Å². The second-order valence-electron chi connectivity index (χ2n) is 11.4. The number of hydrogen-bond donors (Lipinski definition) is 0. The van der Waals surface area contributed by atoms with E-state index in [-0.39, 0.29) is 30.2 Å². The molecule has 38 heavy (non-hydrogen) atoms. The largest absolute Gasteiger partial charge is 1.00 e. The van der Waals surface area contributed by atoms with Crippen molar-refractivity contribution < 1.29 is 46.1 Å². The number of rotatable bonds is 3. The molecule has 0 fully saturated rings. The van der Waals surface area contributed by atoms with E-state index in [0.717, 1.165) is 6.42 Å². The summed E-state index contributed by atoms with van der Waals surface area (Å²) in [6.07, 6.45) is 3.63. The van der Waals surface area contributed by atoms with Gasteiger partial charge in [-0.1, -0.05) is 0 Å². The van der Waals surface area contributed by atoms with Crippen molar-refractivity contribution >= 4 is 17.8 Å². The van der Waals surface area contributed by atoms with Crippen LogP contribution in [-0.4, -0.2) is 3.71 Å². The summed E-state index contributed by atoms with van der Waals surface area (Å²) in [5.74, 6) is 0.500. The van der Waals surface area contributed by atoms with Crippen LogP contribution in [0.3, 0.4) is 0 Å². The fourth-order valence-corrected chi connectivity index (χ4v) is 14.1. The van der Waals surface area contributed by atoms with E-state index < -0.39 is 21.3 Å². The van der Waals surface area contributed by atoms with Gasteiger partial charge in [0.05, 0.1) is 0 Å². The molecule has 1 atom stereocenters. The smallest absolute Gasteiger partial charge is 1.00 e. The molecule has 0 saturated carbocycles. The van der Waals surface area contributed by atoms with Gasteiger partial charge >= 0.3 is 225 Å². The van der Waals surface area contributed by atoms with Gasteiger partial charge in [-0.25, -0.2) is 0 Å². The van der Waals surface area contributed by atoms with Crippen LogP contribution in [0.1, 0.15) is 51.3 Å².